The average molecular weight is 557 g/mol. The molecule has 200 valence electrons. The molecule has 0 spiro atoms. The molecule has 39 heavy (non-hydrogen) atoms. The first-order chi connectivity index (χ1) is 18.9. The molecule has 1 aliphatic heterocycles. The summed E-state index contributed by atoms with van der Waals surface area (Å²) in [6, 6.07) is 20.9. The molecule has 1 fully saturated rings. The molecule has 1 unspecified atom stereocenters. The van der Waals surface area contributed by atoms with Crippen LogP contribution >= 0.6 is 11.3 Å². The van der Waals surface area contributed by atoms with Crippen molar-refractivity contribution in [1.29, 1.82) is 0 Å². The molecule has 1 aliphatic rings. The van der Waals surface area contributed by atoms with Gasteiger partial charge in [0.15, 0.2) is 0 Å². The fourth-order valence-corrected chi connectivity index (χ4v) is 7.55. The zero-order valence-electron chi connectivity index (χ0n) is 22.2. The molecule has 1 N–H and O–H groups in total. The number of carboxylic acids is 1. The summed E-state index contributed by atoms with van der Waals surface area (Å²) in [5.74, 6) is 7.50. The van der Waals surface area contributed by atoms with Crippen molar-refractivity contribution >= 4 is 38.2 Å². The summed E-state index contributed by atoms with van der Waals surface area (Å²) >= 11 is 1.76. The standard InChI is InChI=1S/C33H32O4S2/c1-3-4-26(19-33(34)35)24-6-9-28(10-7-24)37-20-23-5-12-32-30(18-23)31(21-38-32)29-11-8-27(17-22(29)2)25-13-15-39(36)16-14-25/h5-12,17-18,21,25-26H,13-16,19-20H2,1-2H3,(H,34,35). The van der Waals surface area contributed by atoms with Gasteiger partial charge in [-0.25, -0.2) is 0 Å². The highest BCUT2D eigenvalue weighted by Crippen LogP contribution is 2.38. The molecule has 0 bridgehead atoms. The Labute approximate surface area is 236 Å². The van der Waals surface area contributed by atoms with Crippen LogP contribution in [-0.4, -0.2) is 26.8 Å². The second-order valence-corrected chi connectivity index (χ2v) is 12.7. The molecule has 6 heteroatoms. The maximum absolute atomic E-state index is 11.8. The van der Waals surface area contributed by atoms with E-state index < -0.39 is 16.8 Å². The van der Waals surface area contributed by atoms with Crippen LogP contribution in [0.3, 0.4) is 0 Å². The normalized spacial score (nSPS) is 17.8. The Hall–Kier alpha value is -3.40. The Morgan fingerprint density at radius 1 is 1.08 bits per heavy atom. The maximum atomic E-state index is 11.8. The first-order valence-electron chi connectivity index (χ1n) is 13.2. The van der Waals surface area contributed by atoms with Crippen LogP contribution in [0, 0.1) is 18.8 Å². The maximum Gasteiger partial charge on any atom is 0.304 e. The number of hydrogen-bond acceptors (Lipinski definition) is 4. The molecule has 1 atom stereocenters. The van der Waals surface area contributed by atoms with Gasteiger partial charge >= 0.3 is 5.97 Å². The number of aryl methyl sites for hydroxylation is 1. The van der Waals surface area contributed by atoms with E-state index in [0.29, 0.717) is 12.5 Å². The summed E-state index contributed by atoms with van der Waals surface area (Å²) in [5.41, 5.74) is 7.11. The number of fused-ring (bicyclic) bond motifs is 1. The first-order valence-corrected chi connectivity index (χ1v) is 15.6. The van der Waals surface area contributed by atoms with Crippen LogP contribution in [0.1, 0.15) is 60.3 Å². The van der Waals surface area contributed by atoms with E-state index in [-0.39, 0.29) is 12.3 Å². The van der Waals surface area contributed by atoms with Crippen molar-refractivity contribution in [2.45, 2.75) is 51.6 Å². The van der Waals surface area contributed by atoms with E-state index in [9.17, 15) is 14.1 Å². The van der Waals surface area contributed by atoms with E-state index >= 15 is 0 Å². The highest BCUT2D eigenvalue weighted by atomic mass is 32.2. The van der Waals surface area contributed by atoms with Crippen LogP contribution in [0.25, 0.3) is 21.2 Å². The number of aliphatic carboxylic acids is 1. The number of carbonyl (C=O) groups is 1. The average Bonchev–Trinajstić information content (AvgIpc) is 3.35. The lowest BCUT2D eigenvalue weighted by atomic mass is 9.89. The monoisotopic (exact) mass is 556 g/mol. The predicted octanol–water partition coefficient (Wildman–Crippen LogP) is 7.66. The van der Waals surface area contributed by atoms with Gasteiger partial charge < -0.3 is 9.84 Å². The Balaban J connectivity index is 1.31. The molecule has 2 heterocycles. The lowest BCUT2D eigenvalue weighted by Gasteiger charge is -2.22. The van der Waals surface area contributed by atoms with Gasteiger partial charge in [-0.05, 0) is 90.1 Å². The van der Waals surface area contributed by atoms with Gasteiger partial charge in [-0.1, -0.05) is 42.3 Å². The van der Waals surface area contributed by atoms with Crippen molar-refractivity contribution in [1.82, 2.24) is 0 Å². The smallest absolute Gasteiger partial charge is 0.304 e. The van der Waals surface area contributed by atoms with Gasteiger partial charge in [0, 0.05) is 38.0 Å². The van der Waals surface area contributed by atoms with Crippen molar-refractivity contribution in [2.75, 3.05) is 11.5 Å². The third-order valence-corrected chi connectivity index (χ3v) is 9.77. The Kier molecular flexibility index (Phi) is 8.50. The summed E-state index contributed by atoms with van der Waals surface area (Å²) in [5, 5.41) is 12.7. The molecule has 0 radical (unpaired) electrons. The number of carboxylic acid groups (broad SMARTS) is 1. The van der Waals surface area contributed by atoms with Gasteiger partial charge in [-0.2, -0.15) is 0 Å². The summed E-state index contributed by atoms with van der Waals surface area (Å²) in [7, 11) is -0.640. The van der Waals surface area contributed by atoms with Crippen LogP contribution in [0.15, 0.2) is 66.0 Å². The third kappa shape index (κ3) is 6.43. The van der Waals surface area contributed by atoms with Crippen LogP contribution in [-0.2, 0) is 22.2 Å². The minimum atomic E-state index is -0.861. The van der Waals surface area contributed by atoms with Crippen molar-refractivity contribution in [2.24, 2.45) is 0 Å². The number of hydrogen-bond donors (Lipinski definition) is 1. The van der Waals surface area contributed by atoms with E-state index in [1.807, 2.05) is 24.3 Å². The second-order valence-electron chi connectivity index (χ2n) is 10.1. The highest BCUT2D eigenvalue weighted by molar-refractivity contribution is 7.85. The molecule has 5 rings (SSSR count). The van der Waals surface area contributed by atoms with E-state index in [2.05, 4.69) is 60.5 Å². The largest absolute Gasteiger partial charge is 0.489 e. The van der Waals surface area contributed by atoms with E-state index in [4.69, 9.17) is 4.74 Å². The van der Waals surface area contributed by atoms with Gasteiger partial charge in [-0.3, -0.25) is 9.00 Å². The van der Waals surface area contributed by atoms with Crippen molar-refractivity contribution < 1.29 is 18.8 Å². The van der Waals surface area contributed by atoms with Crippen molar-refractivity contribution in [3.05, 3.63) is 88.3 Å². The number of thiophene rings is 1. The fourth-order valence-electron chi connectivity index (χ4n) is 5.31. The van der Waals surface area contributed by atoms with E-state index in [1.54, 1.807) is 18.3 Å². The number of ether oxygens (including phenoxy) is 1. The molecular formula is C33H32O4S2. The molecule has 1 saturated heterocycles. The summed E-state index contributed by atoms with van der Waals surface area (Å²) in [6.45, 7) is 4.35. The first kappa shape index (κ1) is 27.2. The fraction of sp³-hybridized carbons (Fsp3) is 0.303. The Bertz CT molecular complexity index is 1560. The Morgan fingerprint density at radius 2 is 1.85 bits per heavy atom. The van der Waals surface area contributed by atoms with Crippen LogP contribution < -0.4 is 4.74 Å². The molecule has 0 aliphatic carbocycles. The molecule has 4 aromatic rings. The summed E-state index contributed by atoms with van der Waals surface area (Å²) < 4.78 is 19.1. The van der Waals surface area contributed by atoms with Gasteiger partial charge in [0.2, 0.25) is 0 Å². The molecule has 0 amide bonds. The SMILES string of the molecule is CC#CC(CC(=O)O)c1ccc(OCc2ccc3scc(-c4ccc(C5CCS(=O)CC5)cc4C)c3c2)cc1. The lowest BCUT2D eigenvalue weighted by molar-refractivity contribution is -0.137. The predicted molar refractivity (Wildman–Crippen MR) is 161 cm³/mol. The minimum Gasteiger partial charge on any atom is -0.489 e. The Morgan fingerprint density at radius 3 is 2.54 bits per heavy atom. The zero-order valence-corrected chi connectivity index (χ0v) is 23.9. The summed E-state index contributed by atoms with van der Waals surface area (Å²) in [4.78, 5) is 11.2. The van der Waals surface area contributed by atoms with Crippen molar-refractivity contribution in [3.63, 3.8) is 0 Å². The third-order valence-electron chi connectivity index (χ3n) is 7.42. The molecular weight excluding hydrogens is 524 g/mol. The zero-order chi connectivity index (χ0) is 27.4. The molecule has 1 aromatic heterocycles. The second kappa shape index (κ2) is 12.2. The summed E-state index contributed by atoms with van der Waals surface area (Å²) in [6.07, 6.45) is 2.00. The van der Waals surface area contributed by atoms with Crippen LogP contribution in [0.4, 0.5) is 0 Å². The highest BCUT2D eigenvalue weighted by Gasteiger charge is 2.20. The minimum absolute atomic E-state index is 0.0189. The van der Waals surface area contributed by atoms with E-state index in [0.717, 1.165) is 41.2 Å². The van der Waals surface area contributed by atoms with E-state index in [1.165, 1.54) is 32.3 Å². The van der Waals surface area contributed by atoms with Gasteiger partial charge in [-0.15, -0.1) is 17.3 Å². The van der Waals surface area contributed by atoms with Crippen LogP contribution in [0.5, 0.6) is 5.75 Å². The van der Waals surface area contributed by atoms with Crippen molar-refractivity contribution in [3.8, 4) is 28.7 Å². The topological polar surface area (TPSA) is 63.6 Å². The van der Waals surface area contributed by atoms with Gasteiger partial charge in [0.1, 0.15) is 12.4 Å². The number of benzene rings is 3. The number of rotatable bonds is 8. The lowest BCUT2D eigenvalue weighted by Crippen LogP contribution is -2.17. The molecule has 4 nitrogen and oxygen atoms in total. The molecule has 0 saturated carbocycles. The van der Waals surface area contributed by atoms with Crippen LogP contribution in [0.2, 0.25) is 0 Å². The van der Waals surface area contributed by atoms with Gasteiger partial charge in [0.05, 0.1) is 12.3 Å². The quantitative estimate of drug-likeness (QED) is 0.226. The molecule has 3 aromatic carbocycles. The van der Waals surface area contributed by atoms with Gasteiger partial charge in [0.25, 0.3) is 0 Å².